The molecule has 0 saturated carbocycles. The molecule has 0 unspecified atom stereocenters. The number of nitro benzene ring substituents is 1. The Bertz CT molecular complexity index is 708. The third-order valence-corrected chi connectivity index (χ3v) is 4.08. The van der Waals surface area contributed by atoms with Gasteiger partial charge in [-0.3, -0.25) is 19.7 Å². The number of nitrogens with zero attached hydrogens (tertiary/aromatic N) is 2. The number of carboxylic acids is 1. The van der Waals surface area contributed by atoms with Crippen LogP contribution in [0.15, 0.2) is 18.2 Å². The van der Waals surface area contributed by atoms with Crippen molar-refractivity contribution in [2.45, 2.75) is 19.8 Å². The molecule has 1 amide bonds. The van der Waals surface area contributed by atoms with Crippen LogP contribution in [0.4, 0.5) is 5.69 Å². The third-order valence-electron chi connectivity index (χ3n) is 4.08. The summed E-state index contributed by atoms with van der Waals surface area (Å²) in [6.45, 7) is 2.60. The highest BCUT2D eigenvalue weighted by atomic mass is 16.6. The molecule has 1 aromatic rings. The zero-order valence-corrected chi connectivity index (χ0v) is 13.6. The van der Waals surface area contributed by atoms with E-state index in [-0.39, 0.29) is 17.5 Å². The van der Waals surface area contributed by atoms with E-state index in [4.69, 9.17) is 4.74 Å². The number of ether oxygens (including phenoxy) is 1. The SMILES string of the molecule is CCOC(=O)C1CCN(C(=O)c2ccc([N+](=O)[O-])cc2C(=O)O)CC1. The molecule has 1 aliphatic rings. The first-order valence-corrected chi connectivity index (χ1v) is 7.82. The zero-order chi connectivity index (χ0) is 18.6. The molecule has 1 aromatic carbocycles. The largest absolute Gasteiger partial charge is 0.478 e. The summed E-state index contributed by atoms with van der Waals surface area (Å²) in [6, 6.07) is 3.13. The second-order valence-electron chi connectivity index (χ2n) is 5.61. The fourth-order valence-electron chi connectivity index (χ4n) is 2.76. The summed E-state index contributed by atoms with van der Waals surface area (Å²) >= 11 is 0. The molecule has 1 aliphatic heterocycles. The number of non-ortho nitro benzene ring substituents is 1. The average Bonchev–Trinajstić information content (AvgIpc) is 2.60. The molecule has 1 N–H and O–H groups in total. The van der Waals surface area contributed by atoms with Crippen molar-refractivity contribution in [3.63, 3.8) is 0 Å². The first kappa shape index (κ1) is 18.4. The molecule has 0 aromatic heterocycles. The van der Waals surface area contributed by atoms with Gasteiger partial charge in [0.15, 0.2) is 0 Å². The number of carbonyl (C=O) groups excluding carboxylic acids is 2. The number of nitro groups is 1. The number of carbonyl (C=O) groups is 3. The molecule has 1 fully saturated rings. The van der Waals surface area contributed by atoms with Gasteiger partial charge < -0.3 is 14.7 Å². The Kier molecular flexibility index (Phi) is 5.68. The highest BCUT2D eigenvalue weighted by Gasteiger charge is 2.30. The minimum atomic E-state index is -1.41. The van der Waals surface area contributed by atoms with Crippen LogP contribution in [-0.4, -0.2) is 52.5 Å². The van der Waals surface area contributed by atoms with E-state index in [1.165, 1.54) is 4.90 Å². The maximum atomic E-state index is 12.6. The van der Waals surface area contributed by atoms with Crippen LogP contribution < -0.4 is 0 Å². The van der Waals surface area contributed by atoms with Crippen molar-refractivity contribution in [2.24, 2.45) is 5.92 Å². The minimum Gasteiger partial charge on any atom is -0.478 e. The van der Waals surface area contributed by atoms with E-state index in [0.717, 1.165) is 18.2 Å². The molecular formula is C16H18N2O7. The topological polar surface area (TPSA) is 127 Å². The van der Waals surface area contributed by atoms with E-state index in [1.54, 1.807) is 6.92 Å². The minimum absolute atomic E-state index is 0.104. The summed E-state index contributed by atoms with van der Waals surface area (Å²) < 4.78 is 4.96. The molecule has 0 bridgehead atoms. The zero-order valence-electron chi connectivity index (χ0n) is 13.6. The summed E-state index contributed by atoms with van der Waals surface area (Å²) in [6.07, 6.45) is 0.861. The molecule has 25 heavy (non-hydrogen) atoms. The van der Waals surface area contributed by atoms with Gasteiger partial charge in [0.2, 0.25) is 0 Å². The maximum absolute atomic E-state index is 12.6. The van der Waals surface area contributed by atoms with Crippen molar-refractivity contribution in [3.05, 3.63) is 39.4 Å². The molecule has 9 nitrogen and oxygen atoms in total. The number of aromatic carboxylic acids is 1. The van der Waals surface area contributed by atoms with Crippen molar-refractivity contribution < 1.29 is 29.2 Å². The monoisotopic (exact) mass is 350 g/mol. The van der Waals surface area contributed by atoms with Gasteiger partial charge in [-0.25, -0.2) is 4.79 Å². The Hall–Kier alpha value is -2.97. The molecule has 134 valence electrons. The number of esters is 1. The highest BCUT2D eigenvalue weighted by Crippen LogP contribution is 2.23. The predicted molar refractivity (Wildman–Crippen MR) is 85.3 cm³/mol. The molecule has 0 radical (unpaired) electrons. The maximum Gasteiger partial charge on any atom is 0.336 e. The lowest BCUT2D eigenvalue weighted by Gasteiger charge is -2.31. The average molecular weight is 350 g/mol. The van der Waals surface area contributed by atoms with E-state index < -0.39 is 28.1 Å². The van der Waals surface area contributed by atoms with Gasteiger partial charge in [0.25, 0.3) is 11.6 Å². The Labute approximate surface area is 143 Å². The van der Waals surface area contributed by atoms with Gasteiger partial charge in [0.05, 0.1) is 28.6 Å². The van der Waals surface area contributed by atoms with Crippen molar-refractivity contribution in [2.75, 3.05) is 19.7 Å². The molecular weight excluding hydrogens is 332 g/mol. The van der Waals surface area contributed by atoms with Crippen molar-refractivity contribution in [3.8, 4) is 0 Å². The molecule has 9 heteroatoms. The number of piperidine rings is 1. The lowest BCUT2D eigenvalue weighted by atomic mass is 9.96. The van der Waals surface area contributed by atoms with Crippen molar-refractivity contribution in [1.29, 1.82) is 0 Å². The van der Waals surface area contributed by atoms with Crippen LogP contribution in [0.3, 0.4) is 0 Å². The number of amides is 1. The van der Waals surface area contributed by atoms with Gasteiger partial charge in [0.1, 0.15) is 0 Å². The number of rotatable bonds is 5. The predicted octanol–water partition coefficient (Wildman–Crippen LogP) is 1.71. The van der Waals surface area contributed by atoms with Crippen LogP contribution in [0.2, 0.25) is 0 Å². The Balaban J connectivity index is 2.15. The molecule has 0 aliphatic carbocycles. The summed E-state index contributed by atoms with van der Waals surface area (Å²) in [5.41, 5.74) is -0.908. The van der Waals surface area contributed by atoms with Crippen LogP contribution >= 0.6 is 0 Å². The van der Waals surface area contributed by atoms with E-state index in [9.17, 15) is 29.6 Å². The first-order chi connectivity index (χ1) is 11.8. The molecule has 1 heterocycles. The summed E-state index contributed by atoms with van der Waals surface area (Å²) in [5, 5.41) is 20.0. The van der Waals surface area contributed by atoms with Gasteiger partial charge in [-0.1, -0.05) is 0 Å². The van der Waals surface area contributed by atoms with E-state index in [0.29, 0.717) is 32.5 Å². The Morgan fingerprint density at radius 2 is 1.92 bits per heavy atom. The van der Waals surface area contributed by atoms with E-state index in [1.807, 2.05) is 0 Å². The van der Waals surface area contributed by atoms with Gasteiger partial charge in [-0.2, -0.15) is 0 Å². The van der Waals surface area contributed by atoms with Gasteiger partial charge in [-0.15, -0.1) is 0 Å². The summed E-state index contributed by atoms with van der Waals surface area (Å²) in [7, 11) is 0. The standard InChI is InChI=1S/C16H18N2O7/c1-2-25-16(22)10-5-7-17(8-6-10)14(19)12-4-3-11(18(23)24)9-13(12)15(20)21/h3-4,9-10H,2,5-8H2,1H3,(H,20,21). The molecule has 1 saturated heterocycles. The number of hydrogen-bond acceptors (Lipinski definition) is 6. The van der Waals surface area contributed by atoms with Crippen LogP contribution in [0, 0.1) is 16.0 Å². The quantitative estimate of drug-likeness (QED) is 0.486. The van der Waals surface area contributed by atoms with Crippen molar-refractivity contribution in [1.82, 2.24) is 4.90 Å². The number of benzene rings is 1. The van der Waals surface area contributed by atoms with Gasteiger partial charge in [-0.05, 0) is 25.8 Å². The lowest BCUT2D eigenvalue weighted by Crippen LogP contribution is -2.41. The molecule has 0 atom stereocenters. The van der Waals surface area contributed by atoms with Gasteiger partial charge in [0, 0.05) is 25.2 Å². The molecule has 0 spiro atoms. The summed E-state index contributed by atoms with van der Waals surface area (Å²) in [5.74, 6) is -2.50. The third kappa shape index (κ3) is 4.11. The number of likely N-dealkylation sites (tertiary alicyclic amines) is 1. The van der Waals surface area contributed by atoms with Crippen molar-refractivity contribution >= 4 is 23.5 Å². The van der Waals surface area contributed by atoms with Crippen LogP contribution in [0.5, 0.6) is 0 Å². The lowest BCUT2D eigenvalue weighted by molar-refractivity contribution is -0.384. The number of carboxylic acid groups (broad SMARTS) is 1. The van der Waals surface area contributed by atoms with E-state index >= 15 is 0 Å². The first-order valence-electron chi connectivity index (χ1n) is 7.82. The second-order valence-corrected chi connectivity index (χ2v) is 5.61. The highest BCUT2D eigenvalue weighted by molar-refractivity contribution is 6.05. The summed E-state index contributed by atoms with van der Waals surface area (Å²) in [4.78, 5) is 47.2. The Morgan fingerprint density at radius 3 is 2.44 bits per heavy atom. The fraction of sp³-hybridized carbons (Fsp3) is 0.438. The van der Waals surface area contributed by atoms with Crippen LogP contribution in [-0.2, 0) is 9.53 Å². The van der Waals surface area contributed by atoms with E-state index in [2.05, 4.69) is 0 Å². The van der Waals surface area contributed by atoms with Crippen LogP contribution in [0.25, 0.3) is 0 Å². The fourth-order valence-corrected chi connectivity index (χ4v) is 2.76. The van der Waals surface area contributed by atoms with Crippen LogP contribution in [0.1, 0.15) is 40.5 Å². The normalized spacial score (nSPS) is 14.8. The van der Waals surface area contributed by atoms with Gasteiger partial charge >= 0.3 is 11.9 Å². The molecule has 2 rings (SSSR count). The number of hydrogen-bond donors (Lipinski definition) is 1. The smallest absolute Gasteiger partial charge is 0.336 e. The second kappa shape index (κ2) is 7.73. The Morgan fingerprint density at radius 1 is 1.28 bits per heavy atom.